The third-order valence-corrected chi connectivity index (χ3v) is 6.50. The van der Waals surface area contributed by atoms with E-state index in [0.29, 0.717) is 19.5 Å². The van der Waals surface area contributed by atoms with E-state index in [2.05, 4.69) is 45.4 Å². The van der Waals surface area contributed by atoms with Crippen molar-refractivity contribution in [2.75, 3.05) is 13.2 Å². The van der Waals surface area contributed by atoms with E-state index in [0.717, 1.165) is 12.1 Å². The van der Waals surface area contributed by atoms with Crippen LogP contribution in [-0.4, -0.2) is 54.4 Å². The molecule has 0 radical (unpaired) electrons. The van der Waals surface area contributed by atoms with Gasteiger partial charge in [0.25, 0.3) is 0 Å². The van der Waals surface area contributed by atoms with Gasteiger partial charge < -0.3 is 19.5 Å². The van der Waals surface area contributed by atoms with Gasteiger partial charge in [0, 0.05) is 25.6 Å². The zero-order chi connectivity index (χ0) is 23.2. The Morgan fingerprint density at radius 3 is 2.71 bits per heavy atom. The molecule has 0 saturated carbocycles. The fraction of sp³-hybridized carbons (Fsp3) is 0.591. The fourth-order valence-corrected chi connectivity index (χ4v) is 5.16. The van der Waals surface area contributed by atoms with E-state index in [9.17, 15) is 9.59 Å². The van der Waals surface area contributed by atoms with Crippen molar-refractivity contribution in [2.24, 2.45) is 17.1 Å². The molecular formula is C22H36N4O4Si. The normalized spacial score (nSPS) is 21.7. The van der Waals surface area contributed by atoms with Crippen LogP contribution in [0, 0.1) is 11.3 Å². The van der Waals surface area contributed by atoms with Crippen LogP contribution in [0.5, 0.6) is 0 Å². The molecule has 0 aromatic carbocycles. The highest BCUT2D eigenvalue weighted by molar-refractivity contribution is 6.48. The minimum atomic E-state index is -1.50. The van der Waals surface area contributed by atoms with E-state index in [1.807, 2.05) is 4.57 Å². The van der Waals surface area contributed by atoms with Crippen LogP contribution >= 0.6 is 0 Å². The Balaban J connectivity index is 2.34. The van der Waals surface area contributed by atoms with Crippen molar-refractivity contribution in [1.29, 1.82) is 0 Å². The molecule has 0 unspecified atom stereocenters. The maximum atomic E-state index is 13.0. The molecule has 1 aliphatic heterocycles. The standard InChI is InChI=1S/C22H36N4O4Si/c1-7-12-29-20(28)26-15-17(21(2,3)4)13-22(26,30-31(5)6)10-11-25-16-24-14-18(25)8-9-19(23)27/h7-9,14,16-17,31H,1,10-13,15H2,2-6H3,(H2,23,27)/t17-,22-/m0/s1. The van der Waals surface area contributed by atoms with Gasteiger partial charge in [-0.05, 0) is 36.9 Å². The molecule has 2 rings (SSSR count). The van der Waals surface area contributed by atoms with Gasteiger partial charge in [-0.3, -0.25) is 9.69 Å². The molecule has 2 N–H and O–H groups in total. The van der Waals surface area contributed by atoms with Gasteiger partial charge in [0.2, 0.25) is 5.91 Å². The van der Waals surface area contributed by atoms with E-state index in [-0.39, 0.29) is 24.0 Å². The van der Waals surface area contributed by atoms with Crippen LogP contribution in [0.3, 0.4) is 0 Å². The second-order valence-electron chi connectivity index (χ2n) is 9.35. The number of carbonyl (C=O) groups is 2. The number of imidazole rings is 1. The van der Waals surface area contributed by atoms with Crippen molar-refractivity contribution in [3.8, 4) is 0 Å². The number of likely N-dealkylation sites (tertiary alicyclic amines) is 1. The molecule has 2 heterocycles. The van der Waals surface area contributed by atoms with Gasteiger partial charge in [-0.25, -0.2) is 9.78 Å². The third kappa shape index (κ3) is 6.54. The first-order valence-electron chi connectivity index (χ1n) is 10.7. The molecule has 31 heavy (non-hydrogen) atoms. The summed E-state index contributed by atoms with van der Waals surface area (Å²) < 4.78 is 13.9. The number of hydrogen-bond donors (Lipinski definition) is 1. The molecule has 0 aliphatic carbocycles. The number of primary amides is 1. The molecule has 1 fully saturated rings. The highest BCUT2D eigenvalue weighted by Crippen LogP contribution is 2.45. The highest BCUT2D eigenvalue weighted by atomic mass is 28.3. The van der Waals surface area contributed by atoms with E-state index in [4.69, 9.17) is 14.9 Å². The lowest BCUT2D eigenvalue weighted by Crippen LogP contribution is -2.52. The average molecular weight is 449 g/mol. The molecule has 0 spiro atoms. The maximum Gasteiger partial charge on any atom is 0.412 e. The summed E-state index contributed by atoms with van der Waals surface area (Å²) in [4.78, 5) is 30.1. The summed E-state index contributed by atoms with van der Waals surface area (Å²) in [6.07, 6.45) is 8.85. The Bertz CT molecular complexity index is 815. The number of aryl methyl sites for hydroxylation is 1. The molecule has 0 bridgehead atoms. The van der Waals surface area contributed by atoms with Crippen molar-refractivity contribution >= 4 is 27.1 Å². The van der Waals surface area contributed by atoms with E-state index in [1.54, 1.807) is 29.6 Å². The molecular weight excluding hydrogens is 412 g/mol. The second kappa shape index (κ2) is 10.3. The predicted molar refractivity (Wildman–Crippen MR) is 124 cm³/mol. The lowest BCUT2D eigenvalue weighted by atomic mass is 9.78. The Hall–Kier alpha value is -2.39. The molecule has 1 aromatic heterocycles. The lowest BCUT2D eigenvalue weighted by Gasteiger charge is -2.39. The van der Waals surface area contributed by atoms with Gasteiger partial charge in [0.15, 0.2) is 9.04 Å². The van der Waals surface area contributed by atoms with Crippen molar-refractivity contribution in [3.05, 3.63) is 36.9 Å². The zero-order valence-corrected chi connectivity index (χ0v) is 20.5. The molecule has 2 atom stereocenters. The first-order chi connectivity index (χ1) is 14.5. The SMILES string of the molecule is C=CCOC(=O)N1C[C@@H](C(C)(C)C)C[C@]1(CCn1cncc1C=CC(N)=O)O[SiH](C)C. The monoisotopic (exact) mass is 448 g/mol. The van der Waals surface area contributed by atoms with Crippen LogP contribution < -0.4 is 5.73 Å². The lowest BCUT2D eigenvalue weighted by molar-refractivity contribution is -0.113. The second-order valence-corrected chi connectivity index (χ2v) is 11.7. The van der Waals surface area contributed by atoms with Crippen LogP contribution in [0.2, 0.25) is 13.1 Å². The van der Waals surface area contributed by atoms with Crippen molar-refractivity contribution in [1.82, 2.24) is 14.5 Å². The predicted octanol–water partition coefficient (Wildman–Crippen LogP) is 3.16. The fourth-order valence-electron chi connectivity index (χ4n) is 3.94. The minimum Gasteiger partial charge on any atom is -0.445 e. The summed E-state index contributed by atoms with van der Waals surface area (Å²) in [6.45, 7) is 15.7. The van der Waals surface area contributed by atoms with Crippen LogP contribution in [0.25, 0.3) is 6.08 Å². The Kier molecular flexibility index (Phi) is 8.25. The number of nitrogens with two attached hydrogens (primary N) is 1. The van der Waals surface area contributed by atoms with Crippen LogP contribution in [0.1, 0.15) is 39.3 Å². The molecule has 172 valence electrons. The van der Waals surface area contributed by atoms with Gasteiger partial charge in [-0.2, -0.15) is 0 Å². The summed E-state index contributed by atoms with van der Waals surface area (Å²) in [6, 6.07) is 0. The largest absolute Gasteiger partial charge is 0.445 e. The first-order valence-corrected chi connectivity index (χ1v) is 13.5. The maximum absolute atomic E-state index is 13.0. The molecule has 9 heteroatoms. The number of hydrogen-bond acceptors (Lipinski definition) is 5. The zero-order valence-electron chi connectivity index (χ0n) is 19.3. The van der Waals surface area contributed by atoms with E-state index >= 15 is 0 Å². The summed E-state index contributed by atoms with van der Waals surface area (Å²) in [5.74, 6) is -0.244. The molecule has 1 saturated heterocycles. The molecule has 8 nitrogen and oxygen atoms in total. The van der Waals surface area contributed by atoms with Gasteiger partial charge in [0.05, 0.1) is 18.2 Å². The quantitative estimate of drug-likeness (QED) is 0.355. The number of nitrogens with zero attached hydrogens (tertiary/aromatic N) is 3. The van der Waals surface area contributed by atoms with Crippen molar-refractivity contribution < 1.29 is 18.8 Å². The van der Waals surface area contributed by atoms with Gasteiger partial charge in [0.1, 0.15) is 12.3 Å². The topological polar surface area (TPSA) is 99.7 Å². The third-order valence-electron chi connectivity index (χ3n) is 5.59. The molecule has 2 amide bonds. The summed E-state index contributed by atoms with van der Waals surface area (Å²) >= 11 is 0. The molecule has 1 aromatic rings. The van der Waals surface area contributed by atoms with Crippen LogP contribution in [0.4, 0.5) is 4.79 Å². The number of amides is 2. The molecule has 1 aliphatic rings. The van der Waals surface area contributed by atoms with Gasteiger partial charge in [-0.15, -0.1) is 0 Å². The summed E-state index contributed by atoms with van der Waals surface area (Å²) in [7, 11) is -1.50. The summed E-state index contributed by atoms with van der Waals surface area (Å²) in [5.41, 5.74) is 5.26. The number of carbonyl (C=O) groups excluding carboxylic acids is 2. The van der Waals surface area contributed by atoms with Crippen molar-refractivity contribution in [3.63, 3.8) is 0 Å². The highest BCUT2D eigenvalue weighted by Gasteiger charge is 2.52. The Labute approximate surface area is 186 Å². The van der Waals surface area contributed by atoms with Gasteiger partial charge in [-0.1, -0.05) is 33.4 Å². The van der Waals surface area contributed by atoms with Crippen LogP contribution in [-0.2, 0) is 20.5 Å². The minimum absolute atomic E-state index is 0.0189. The first kappa shape index (κ1) is 24.9. The number of ether oxygens (including phenoxy) is 1. The van der Waals surface area contributed by atoms with Gasteiger partial charge >= 0.3 is 6.09 Å². The Morgan fingerprint density at radius 1 is 1.42 bits per heavy atom. The Morgan fingerprint density at radius 2 is 2.13 bits per heavy atom. The van der Waals surface area contributed by atoms with E-state index < -0.39 is 20.7 Å². The number of aromatic nitrogens is 2. The van der Waals surface area contributed by atoms with Crippen LogP contribution in [0.15, 0.2) is 31.3 Å². The van der Waals surface area contributed by atoms with Crippen molar-refractivity contribution in [2.45, 2.75) is 59.0 Å². The number of rotatable bonds is 9. The smallest absolute Gasteiger partial charge is 0.412 e. The average Bonchev–Trinajstić information content (AvgIpc) is 3.26. The summed E-state index contributed by atoms with van der Waals surface area (Å²) in [5, 5.41) is 0. The van der Waals surface area contributed by atoms with E-state index in [1.165, 1.54) is 6.08 Å².